The number of carboxylic acid groups (broad SMARTS) is 1. The molecule has 0 aromatic rings. The fourth-order valence-corrected chi connectivity index (χ4v) is 2.85. The summed E-state index contributed by atoms with van der Waals surface area (Å²) in [5, 5.41) is 46.6. The maximum absolute atomic E-state index is 11.8. The van der Waals surface area contributed by atoms with Gasteiger partial charge in [0.1, 0.15) is 6.04 Å². The molecule has 2 amide bonds. The zero-order valence-electron chi connectivity index (χ0n) is 21.2. The van der Waals surface area contributed by atoms with Gasteiger partial charge < -0.3 is 25.6 Å². The summed E-state index contributed by atoms with van der Waals surface area (Å²) in [5.41, 5.74) is 5.60. The normalized spacial score (nSPS) is 12.4. The van der Waals surface area contributed by atoms with E-state index >= 15 is 0 Å². The number of carbonyl (C=O) groups excluding carboxylic acids is 2. The minimum absolute atomic E-state index is 0.0536. The summed E-state index contributed by atoms with van der Waals surface area (Å²) in [6.07, 6.45) is 3.84. The third-order valence-corrected chi connectivity index (χ3v) is 4.71. The molecule has 0 heterocycles. The lowest BCUT2D eigenvalue weighted by Gasteiger charge is -2.14. The molecular formula is C20H40N6O12. The molecule has 0 saturated heterocycles. The standard InChI is InChI=1S/C20H40N6O12/c21-18(24-20(30)36-13-6-2-4-8-15-38-26(33)34)22-11-9-10-16(17(27)28)23-19(29)35-12-5-1-3-7-14-37-25(31)32/h16,31-34H,1-15H2,(H,23,29)(H,27,28)(H3,21,22,24,30). The van der Waals surface area contributed by atoms with Gasteiger partial charge in [0, 0.05) is 6.54 Å². The van der Waals surface area contributed by atoms with Crippen molar-refractivity contribution in [2.45, 2.75) is 70.3 Å². The van der Waals surface area contributed by atoms with E-state index in [0.29, 0.717) is 38.5 Å². The number of hydrogen-bond donors (Lipinski definition) is 8. The first kappa shape index (κ1) is 35.2. The first-order chi connectivity index (χ1) is 18.1. The van der Waals surface area contributed by atoms with Crippen LogP contribution in [0.25, 0.3) is 0 Å². The van der Waals surface area contributed by atoms with E-state index in [1.54, 1.807) is 0 Å². The number of nitrogens with one attached hydrogen (secondary N) is 2. The number of nitrogens with zero attached hydrogens (tertiary/aromatic N) is 3. The Morgan fingerprint density at radius 1 is 0.737 bits per heavy atom. The van der Waals surface area contributed by atoms with Crippen LogP contribution in [0.4, 0.5) is 9.59 Å². The van der Waals surface area contributed by atoms with E-state index in [9.17, 15) is 19.5 Å². The predicted octanol–water partition coefficient (Wildman–Crippen LogP) is 1.13. The first-order valence-electron chi connectivity index (χ1n) is 12.1. The molecule has 0 saturated carbocycles. The van der Waals surface area contributed by atoms with Crippen LogP contribution in [-0.2, 0) is 23.9 Å². The van der Waals surface area contributed by atoms with Crippen LogP contribution in [0.1, 0.15) is 64.2 Å². The van der Waals surface area contributed by atoms with Crippen molar-refractivity contribution in [3.8, 4) is 0 Å². The molecule has 0 aliphatic heterocycles. The highest BCUT2D eigenvalue weighted by atomic mass is 17.1. The summed E-state index contributed by atoms with van der Waals surface area (Å²) < 4.78 is 9.92. The fourth-order valence-electron chi connectivity index (χ4n) is 2.85. The van der Waals surface area contributed by atoms with Gasteiger partial charge in [-0.3, -0.25) is 40.8 Å². The van der Waals surface area contributed by atoms with Gasteiger partial charge in [0.15, 0.2) is 5.96 Å². The smallest absolute Gasteiger partial charge is 0.413 e. The van der Waals surface area contributed by atoms with Crippen molar-refractivity contribution in [2.24, 2.45) is 10.7 Å². The number of aliphatic carboxylic acids is 1. The molecule has 1 atom stereocenters. The Balaban J connectivity index is 3.94. The highest BCUT2D eigenvalue weighted by Crippen LogP contribution is 2.03. The van der Waals surface area contributed by atoms with Crippen LogP contribution in [0.3, 0.4) is 0 Å². The second-order valence-electron chi connectivity index (χ2n) is 7.84. The highest BCUT2D eigenvalue weighted by Gasteiger charge is 2.20. The number of carbonyl (C=O) groups is 3. The number of nitrogens with two attached hydrogens (primary N) is 1. The van der Waals surface area contributed by atoms with E-state index in [1.165, 1.54) is 0 Å². The largest absolute Gasteiger partial charge is 0.480 e. The number of guanidine groups is 1. The summed E-state index contributed by atoms with van der Waals surface area (Å²) in [5.74, 6) is -1.43. The molecule has 0 aliphatic carbocycles. The maximum Gasteiger partial charge on any atom is 0.413 e. The number of ether oxygens (including phenoxy) is 2. The van der Waals surface area contributed by atoms with Crippen molar-refractivity contribution in [2.75, 3.05) is 33.0 Å². The Kier molecular flexibility index (Phi) is 21.5. The van der Waals surface area contributed by atoms with E-state index < -0.39 is 24.2 Å². The Bertz CT molecular complexity index is 683. The SMILES string of the molecule is NC(=NCCCC(NC(=O)OCCCCCCON(O)O)C(=O)O)NC(=O)OCCCCCCON(O)O. The van der Waals surface area contributed by atoms with Crippen LogP contribution in [0, 0.1) is 0 Å². The van der Waals surface area contributed by atoms with E-state index in [4.69, 9.17) is 36.0 Å². The minimum Gasteiger partial charge on any atom is -0.480 e. The number of alkyl carbamates (subject to hydrolysis) is 2. The van der Waals surface area contributed by atoms with Gasteiger partial charge in [-0.15, -0.1) is 0 Å². The van der Waals surface area contributed by atoms with Crippen LogP contribution in [0.5, 0.6) is 0 Å². The van der Waals surface area contributed by atoms with Crippen LogP contribution in [0.2, 0.25) is 0 Å². The summed E-state index contributed by atoms with van der Waals surface area (Å²) >= 11 is 0. The fraction of sp³-hybridized carbons (Fsp3) is 0.800. The molecule has 222 valence electrons. The molecule has 0 spiro atoms. The van der Waals surface area contributed by atoms with Crippen molar-refractivity contribution in [3.05, 3.63) is 0 Å². The average Bonchev–Trinajstić information content (AvgIpc) is 2.83. The highest BCUT2D eigenvalue weighted by molar-refractivity contribution is 5.92. The number of carboxylic acids is 1. The van der Waals surface area contributed by atoms with Crippen molar-refractivity contribution < 1.29 is 59.5 Å². The third kappa shape index (κ3) is 23.6. The van der Waals surface area contributed by atoms with Gasteiger partial charge in [-0.25, -0.2) is 14.4 Å². The number of amides is 2. The van der Waals surface area contributed by atoms with Gasteiger partial charge in [-0.05, 0) is 51.4 Å². The van der Waals surface area contributed by atoms with E-state index in [-0.39, 0.29) is 62.6 Å². The van der Waals surface area contributed by atoms with Gasteiger partial charge in [0.25, 0.3) is 0 Å². The van der Waals surface area contributed by atoms with E-state index in [0.717, 1.165) is 12.8 Å². The molecule has 0 fully saturated rings. The molecule has 0 aliphatic rings. The molecule has 0 radical (unpaired) electrons. The summed E-state index contributed by atoms with van der Waals surface area (Å²) in [4.78, 5) is 47.6. The molecule has 38 heavy (non-hydrogen) atoms. The van der Waals surface area contributed by atoms with Crippen LogP contribution in [-0.4, -0.2) is 99.8 Å². The molecule has 0 aromatic carbocycles. The Hall–Kier alpha value is -2.84. The molecule has 0 aromatic heterocycles. The molecule has 18 heteroatoms. The van der Waals surface area contributed by atoms with Gasteiger partial charge in [-0.1, -0.05) is 12.8 Å². The predicted molar refractivity (Wildman–Crippen MR) is 126 cm³/mol. The Labute approximate surface area is 219 Å². The summed E-state index contributed by atoms with van der Waals surface area (Å²) in [6.45, 7) is 0.615. The zero-order valence-corrected chi connectivity index (χ0v) is 21.2. The second-order valence-corrected chi connectivity index (χ2v) is 7.84. The summed E-state index contributed by atoms with van der Waals surface area (Å²) in [6, 6.07) is -1.19. The van der Waals surface area contributed by atoms with Gasteiger partial charge in [0.2, 0.25) is 0 Å². The van der Waals surface area contributed by atoms with Gasteiger partial charge in [0.05, 0.1) is 37.2 Å². The lowest BCUT2D eigenvalue weighted by Crippen LogP contribution is -2.41. The lowest BCUT2D eigenvalue weighted by atomic mass is 10.1. The lowest BCUT2D eigenvalue weighted by molar-refractivity contribution is -0.492. The number of hydrogen-bond acceptors (Lipinski definition) is 14. The maximum atomic E-state index is 11.8. The van der Waals surface area contributed by atoms with E-state index in [1.807, 2.05) is 0 Å². The number of aliphatic imine (C=N–C) groups is 1. The Morgan fingerprint density at radius 2 is 1.21 bits per heavy atom. The van der Waals surface area contributed by atoms with Crippen LogP contribution < -0.4 is 16.4 Å². The van der Waals surface area contributed by atoms with Crippen molar-refractivity contribution in [3.63, 3.8) is 0 Å². The minimum atomic E-state index is -1.24. The molecule has 0 rings (SSSR count). The van der Waals surface area contributed by atoms with Crippen molar-refractivity contribution in [1.82, 2.24) is 21.4 Å². The summed E-state index contributed by atoms with van der Waals surface area (Å²) in [7, 11) is 0. The second kappa shape index (κ2) is 23.3. The molecule has 1 unspecified atom stereocenters. The Morgan fingerprint density at radius 3 is 1.68 bits per heavy atom. The quantitative estimate of drug-likeness (QED) is 0.0402. The first-order valence-corrected chi connectivity index (χ1v) is 12.1. The molecular weight excluding hydrogens is 516 g/mol. The molecule has 0 bridgehead atoms. The number of unbranched alkanes of at least 4 members (excludes halogenated alkanes) is 6. The van der Waals surface area contributed by atoms with Crippen LogP contribution >= 0.6 is 0 Å². The van der Waals surface area contributed by atoms with Crippen molar-refractivity contribution in [1.29, 1.82) is 0 Å². The van der Waals surface area contributed by atoms with Crippen molar-refractivity contribution >= 4 is 24.1 Å². The van der Waals surface area contributed by atoms with E-state index in [2.05, 4.69) is 25.3 Å². The van der Waals surface area contributed by atoms with Crippen LogP contribution in [0.15, 0.2) is 4.99 Å². The van der Waals surface area contributed by atoms with Gasteiger partial charge >= 0.3 is 18.2 Å². The average molecular weight is 557 g/mol. The topological polar surface area (TPSA) is 258 Å². The third-order valence-electron chi connectivity index (χ3n) is 4.71. The zero-order chi connectivity index (χ0) is 28.6. The number of rotatable bonds is 22. The molecule has 18 nitrogen and oxygen atoms in total. The van der Waals surface area contributed by atoms with Gasteiger partial charge in [-0.2, -0.15) is 0 Å². The molecule has 9 N–H and O–H groups in total. The monoisotopic (exact) mass is 556 g/mol.